The number of carbonyl (C=O) groups excluding carboxylic acids is 1. The van der Waals surface area contributed by atoms with Gasteiger partial charge in [0.1, 0.15) is 5.82 Å². The summed E-state index contributed by atoms with van der Waals surface area (Å²) in [4.78, 5) is 17.5. The molecule has 0 aromatic heterocycles. The Kier molecular flexibility index (Phi) is 8.44. The fourth-order valence-corrected chi connectivity index (χ4v) is 4.57. The van der Waals surface area contributed by atoms with E-state index in [0.717, 1.165) is 64.8 Å². The number of rotatable bonds is 7. The number of benzene rings is 1. The lowest BCUT2D eigenvalue weighted by atomic mass is 9.88. The molecule has 2 saturated heterocycles. The number of carbonyl (C=O) groups is 1. The van der Waals surface area contributed by atoms with Gasteiger partial charge in [-0.15, -0.1) is 0 Å². The van der Waals surface area contributed by atoms with Crippen LogP contribution in [0.3, 0.4) is 0 Å². The molecule has 2 heterocycles. The van der Waals surface area contributed by atoms with Gasteiger partial charge in [0.15, 0.2) is 0 Å². The van der Waals surface area contributed by atoms with Gasteiger partial charge in [-0.2, -0.15) is 0 Å². The monoisotopic (exact) mass is 410 g/mol. The Labute approximate surface area is 180 Å². The highest BCUT2D eigenvalue weighted by Gasteiger charge is 2.30. The summed E-state index contributed by atoms with van der Waals surface area (Å²) in [5, 5.41) is 0. The third kappa shape index (κ3) is 6.40. The molecular weight excluding hydrogens is 375 g/mol. The molecule has 3 rings (SSSR count). The SMILES string of the molecule is C=C/C(=C\C=C/C)CN1CCC(C(=O)N2CCC(Cc3ccc(F)cc3)CC2)CC1. The van der Waals surface area contributed by atoms with Gasteiger partial charge >= 0.3 is 0 Å². The minimum atomic E-state index is -0.181. The summed E-state index contributed by atoms with van der Waals surface area (Å²) in [7, 11) is 0. The van der Waals surface area contributed by atoms with E-state index in [1.807, 2.05) is 37.3 Å². The molecule has 1 amide bonds. The highest BCUT2D eigenvalue weighted by molar-refractivity contribution is 5.79. The molecule has 2 aliphatic rings. The van der Waals surface area contributed by atoms with Gasteiger partial charge in [-0.05, 0) is 81.3 Å². The van der Waals surface area contributed by atoms with Gasteiger partial charge < -0.3 is 4.90 Å². The molecule has 0 spiro atoms. The number of nitrogens with zero attached hydrogens (tertiary/aromatic N) is 2. The van der Waals surface area contributed by atoms with E-state index in [9.17, 15) is 9.18 Å². The smallest absolute Gasteiger partial charge is 0.225 e. The summed E-state index contributed by atoms with van der Waals surface area (Å²) >= 11 is 0. The van der Waals surface area contributed by atoms with Gasteiger partial charge in [-0.25, -0.2) is 4.39 Å². The van der Waals surface area contributed by atoms with Crippen molar-refractivity contribution in [3.63, 3.8) is 0 Å². The predicted molar refractivity (Wildman–Crippen MR) is 122 cm³/mol. The second-order valence-corrected chi connectivity index (χ2v) is 8.62. The molecule has 0 bridgehead atoms. The summed E-state index contributed by atoms with van der Waals surface area (Å²) < 4.78 is 13.1. The molecule has 1 aromatic rings. The van der Waals surface area contributed by atoms with Crippen LogP contribution in [0.4, 0.5) is 4.39 Å². The molecule has 1 aromatic carbocycles. The van der Waals surface area contributed by atoms with Crippen molar-refractivity contribution in [3.8, 4) is 0 Å². The number of hydrogen-bond acceptors (Lipinski definition) is 2. The van der Waals surface area contributed by atoms with Crippen LogP contribution >= 0.6 is 0 Å². The normalized spacial score (nSPS) is 20.1. The van der Waals surface area contributed by atoms with Gasteiger partial charge in [0, 0.05) is 25.6 Å². The fraction of sp³-hybridized carbons (Fsp3) is 0.500. The predicted octanol–water partition coefficient (Wildman–Crippen LogP) is 5.01. The minimum Gasteiger partial charge on any atom is -0.342 e. The first-order valence-corrected chi connectivity index (χ1v) is 11.3. The maximum Gasteiger partial charge on any atom is 0.225 e. The Hall–Kier alpha value is -2.20. The summed E-state index contributed by atoms with van der Waals surface area (Å²) in [5.74, 6) is 0.923. The Bertz CT molecular complexity index is 752. The molecular formula is C26H35FN2O. The van der Waals surface area contributed by atoms with Gasteiger partial charge in [0.05, 0.1) is 0 Å². The van der Waals surface area contributed by atoms with Gasteiger partial charge in [0.25, 0.3) is 0 Å². The second-order valence-electron chi connectivity index (χ2n) is 8.62. The summed E-state index contributed by atoms with van der Waals surface area (Å²) in [6, 6.07) is 6.83. The first-order valence-electron chi connectivity index (χ1n) is 11.3. The molecule has 30 heavy (non-hydrogen) atoms. The number of halogens is 1. The van der Waals surface area contributed by atoms with E-state index in [1.54, 1.807) is 0 Å². The lowest BCUT2D eigenvalue weighted by Gasteiger charge is -2.37. The van der Waals surface area contributed by atoms with Crippen LogP contribution in [-0.2, 0) is 11.2 Å². The van der Waals surface area contributed by atoms with E-state index in [-0.39, 0.29) is 11.7 Å². The van der Waals surface area contributed by atoms with Crippen molar-refractivity contribution in [3.05, 3.63) is 72.1 Å². The van der Waals surface area contributed by atoms with Crippen LogP contribution < -0.4 is 0 Å². The zero-order valence-corrected chi connectivity index (χ0v) is 18.2. The lowest BCUT2D eigenvalue weighted by molar-refractivity contribution is -0.138. The Balaban J connectivity index is 1.41. The van der Waals surface area contributed by atoms with Crippen LogP contribution in [0.5, 0.6) is 0 Å². The molecule has 162 valence electrons. The molecule has 2 aliphatic heterocycles. The number of amides is 1. The molecule has 0 radical (unpaired) electrons. The third-order valence-corrected chi connectivity index (χ3v) is 6.47. The third-order valence-electron chi connectivity index (χ3n) is 6.47. The van der Waals surface area contributed by atoms with Gasteiger partial charge in [-0.1, -0.05) is 43.0 Å². The van der Waals surface area contributed by atoms with Crippen LogP contribution in [0.1, 0.15) is 38.2 Å². The van der Waals surface area contributed by atoms with Crippen molar-refractivity contribution >= 4 is 5.91 Å². The summed E-state index contributed by atoms with van der Waals surface area (Å²) in [6.07, 6.45) is 13.1. The van der Waals surface area contributed by atoms with Crippen molar-refractivity contribution in [2.45, 2.75) is 39.0 Å². The zero-order chi connectivity index (χ0) is 21.3. The molecule has 0 N–H and O–H groups in total. The molecule has 4 heteroatoms. The van der Waals surface area contributed by atoms with Crippen molar-refractivity contribution in [1.29, 1.82) is 0 Å². The van der Waals surface area contributed by atoms with Gasteiger partial charge in [-0.3, -0.25) is 9.69 Å². The first kappa shape index (κ1) is 22.5. The molecule has 0 unspecified atom stereocenters. The van der Waals surface area contributed by atoms with Crippen LogP contribution in [0, 0.1) is 17.7 Å². The quantitative estimate of drug-likeness (QED) is 0.590. The second kappa shape index (κ2) is 11.3. The maximum atomic E-state index is 13.1. The Morgan fingerprint density at radius 2 is 1.77 bits per heavy atom. The van der Waals surface area contributed by atoms with Gasteiger partial charge in [0.2, 0.25) is 5.91 Å². The topological polar surface area (TPSA) is 23.6 Å². The van der Waals surface area contributed by atoms with E-state index < -0.39 is 0 Å². The molecule has 0 atom stereocenters. The van der Waals surface area contributed by atoms with E-state index in [1.165, 1.54) is 23.3 Å². The standard InChI is InChI=1S/C26H35FN2O/c1-3-5-6-21(4-2)20-28-15-13-24(14-16-28)26(30)29-17-11-23(12-18-29)19-22-7-9-25(27)10-8-22/h3-10,23-24H,2,11-20H2,1H3/b5-3-,21-6+. The number of hydrogen-bond donors (Lipinski definition) is 0. The van der Waals surface area contributed by atoms with Crippen LogP contribution in [0.25, 0.3) is 0 Å². The van der Waals surface area contributed by atoms with E-state index in [2.05, 4.69) is 22.5 Å². The lowest BCUT2D eigenvalue weighted by Crippen LogP contribution is -2.45. The van der Waals surface area contributed by atoms with E-state index >= 15 is 0 Å². The van der Waals surface area contributed by atoms with Crippen LogP contribution in [-0.4, -0.2) is 48.4 Å². The average molecular weight is 411 g/mol. The number of allylic oxidation sites excluding steroid dienone is 3. The van der Waals surface area contributed by atoms with Crippen LogP contribution in [0.15, 0.2) is 60.7 Å². The van der Waals surface area contributed by atoms with Crippen molar-refractivity contribution in [2.75, 3.05) is 32.7 Å². The number of piperidine rings is 2. The first-order chi connectivity index (χ1) is 14.6. The van der Waals surface area contributed by atoms with Crippen molar-refractivity contribution < 1.29 is 9.18 Å². The summed E-state index contributed by atoms with van der Waals surface area (Å²) in [5.41, 5.74) is 2.41. The van der Waals surface area contributed by atoms with E-state index in [0.29, 0.717) is 11.8 Å². The largest absolute Gasteiger partial charge is 0.342 e. The Morgan fingerprint density at radius 1 is 1.10 bits per heavy atom. The highest BCUT2D eigenvalue weighted by Crippen LogP contribution is 2.26. The summed E-state index contributed by atoms with van der Waals surface area (Å²) in [6.45, 7) is 10.5. The molecule has 0 saturated carbocycles. The van der Waals surface area contributed by atoms with Crippen LogP contribution in [0.2, 0.25) is 0 Å². The minimum absolute atomic E-state index is 0.168. The highest BCUT2D eigenvalue weighted by atomic mass is 19.1. The number of likely N-dealkylation sites (tertiary alicyclic amines) is 2. The Morgan fingerprint density at radius 3 is 2.37 bits per heavy atom. The molecule has 3 nitrogen and oxygen atoms in total. The maximum absolute atomic E-state index is 13.1. The van der Waals surface area contributed by atoms with E-state index in [4.69, 9.17) is 0 Å². The van der Waals surface area contributed by atoms with Crippen molar-refractivity contribution in [2.24, 2.45) is 11.8 Å². The average Bonchev–Trinajstić information content (AvgIpc) is 2.78. The van der Waals surface area contributed by atoms with Crippen molar-refractivity contribution in [1.82, 2.24) is 9.80 Å². The molecule has 2 fully saturated rings. The molecule has 0 aliphatic carbocycles. The fourth-order valence-electron chi connectivity index (χ4n) is 4.57. The zero-order valence-electron chi connectivity index (χ0n) is 18.2.